The third-order valence-corrected chi connectivity index (χ3v) is 4.74. The molecule has 0 fully saturated rings. The molecule has 0 radical (unpaired) electrons. The van der Waals surface area contributed by atoms with E-state index in [-0.39, 0.29) is 11.6 Å². The Morgan fingerprint density at radius 2 is 1.39 bits per heavy atom. The molecule has 36 heavy (non-hydrogen) atoms. The van der Waals surface area contributed by atoms with Gasteiger partial charge in [-0.05, 0) is 85.2 Å². The van der Waals surface area contributed by atoms with E-state index in [0.717, 1.165) is 11.1 Å². The minimum absolute atomic E-state index is 0.171. The number of carbonyl (C=O) groups is 2. The number of nitrogens with one attached hydrogen (secondary N) is 1. The number of aryl methyl sites for hydroxylation is 1. The molecular formula is C28H39F2NO5. The summed E-state index contributed by atoms with van der Waals surface area (Å²) in [5, 5.41) is 2.46. The number of ether oxygens (including phenoxy) is 3. The molecule has 0 spiro atoms. The number of halogens is 2. The second kappa shape index (κ2) is 13.9. The fourth-order valence-corrected chi connectivity index (χ4v) is 3.03. The van der Waals surface area contributed by atoms with Crippen molar-refractivity contribution < 1.29 is 32.6 Å². The molecule has 0 bridgehead atoms. The van der Waals surface area contributed by atoms with Crippen molar-refractivity contribution in [1.82, 2.24) is 5.32 Å². The summed E-state index contributed by atoms with van der Waals surface area (Å²) in [5.41, 5.74) is 0.740. The first-order valence-electron chi connectivity index (χ1n) is 11.9. The van der Waals surface area contributed by atoms with E-state index in [1.165, 1.54) is 31.2 Å². The number of rotatable bonds is 8. The normalized spacial score (nSPS) is 13.1. The van der Waals surface area contributed by atoms with Crippen molar-refractivity contribution in [2.24, 2.45) is 0 Å². The van der Waals surface area contributed by atoms with Crippen LogP contribution < -0.4 is 5.32 Å². The van der Waals surface area contributed by atoms with Gasteiger partial charge in [0, 0.05) is 6.42 Å². The predicted molar refractivity (Wildman–Crippen MR) is 135 cm³/mol. The molecule has 6 nitrogen and oxygen atoms in total. The van der Waals surface area contributed by atoms with Crippen molar-refractivity contribution in [2.45, 2.75) is 91.8 Å². The molecule has 0 aliphatic carbocycles. The molecule has 2 atom stereocenters. The molecule has 0 heterocycles. The molecule has 0 aromatic heterocycles. The number of hydrogen-bond acceptors (Lipinski definition) is 5. The monoisotopic (exact) mass is 507 g/mol. The maximum absolute atomic E-state index is 13.0. The highest BCUT2D eigenvalue weighted by atomic mass is 19.1. The Morgan fingerprint density at radius 3 is 1.86 bits per heavy atom. The van der Waals surface area contributed by atoms with Gasteiger partial charge in [-0.25, -0.2) is 18.4 Å². The summed E-state index contributed by atoms with van der Waals surface area (Å²) in [6.45, 7) is 14.6. The highest BCUT2D eigenvalue weighted by Gasteiger charge is 2.27. The number of amides is 1. The molecule has 8 heteroatoms. The van der Waals surface area contributed by atoms with E-state index in [4.69, 9.17) is 14.2 Å². The van der Waals surface area contributed by atoms with Crippen LogP contribution in [0.5, 0.6) is 0 Å². The molecule has 1 N–H and O–H groups in total. The minimum Gasteiger partial charge on any atom is -0.461 e. The highest BCUT2D eigenvalue weighted by Crippen LogP contribution is 2.21. The van der Waals surface area contributed by atoms with Gasteiger partial charge in [-0.3, -0.25) is 0 Å². The van der Waals surface area contributed by atoms with E-state index >= 15 is 0 Å². The number of alkyl carbamates (subject to hydrolysis) is 1. The van der Waals surface area contributed by atoms with E-state index in [9.17, 15) is 18.4 Å². The van der Waals surface area contributed by atoms with Gasteiger partial charge in [-0.1, -0.05) is 29.8 Å². The number of benzene rings is 2. The van der Waals surface area contributed by atoms with Crippen LogP contribution in [0.4, 0.5) is 13.6 Å². The number of carbonyl (C=O) groups excluding carboxylic acids is 2. The predicted octanol–water partition coefficient (Wildman–Crippen LogP) is 6.49. The number of hydrogen-bond donors (Lipinski definition) is 1. The smallest absolute Gasteiger partial charge is 0.408 e. The molecule has 2 aromatic rings. The first kappa shape index (κ1) is 31.0. The summed E-state index contributed by atoms with van der Waals surface area (Å²) in [4.78, 5) is 23.9. The topological polar surface area (TPSA) is 73.9 Å². The molecule has 1 amide bonds. The zero-order valence-electron chi connectivity index (χ0n) is 22.5. The summed E-state index contributed by atoms with van der Waals surface area (Å²) in [6.07, 6.45) is -0.634. The minimum atomic E-state index is -0.833. The van der Waals surface area contributed by atoms with Gasteiger partial charge in [-0.15, -0.1) is 0 Å². The standard InChI is InChI=1S/C21H32FNO5.C7H7F/c1-14(27-18(24)15(2)23-19(25)28-20(3,4)5)12-21(6,7)26-13-16-8-10-17(22)11-9-16;1-6-2-4-7(8)5-3-6/h8-11,14-15H,12-13H2,1-7H3,(H,23,25);2-5H,1H3/t14-,15-;/m0./s1. The van der Waals surface area contributed by atoms with Crippen molar-refractivity contribution in [3.8, 4) is 0 Å². The molecule has 0 aliphatic rings. The lowest BCUT2D eigenvalue weighted by atomic mass is 10.0. The quantitative estimate of drug-likeness (QED) is 0.414. The molecule has 0 saturated heterocycles. The Kier molecular flexibility index (Phi) is 12.0. The SMILES string of the molecule is C[C@H](NC(=O)OC(C)(C)C)C(=O)O[C@@H](C)CC(C)(C)OCc1ccc(F)cc1.Cc1ccc(F)cc1. The van der Waals surface area contributed by atoms with Gasteiger partial charge in [-0.2, -0.15) is 0 Å². The van der Waals surface area contributed by atoms with Crippen LogP contribution in [0, 0.1) is 18.6 Å². The molecule has 2 aromatic carbocycles. The van der Waals surface area contributed by atoms with Gasteiger partial charge >= 0.3 is 12.1 Å². The average Bonchev–Trinajstić information content (AvgIpc) is 2.74. The van der Waals surface area contributed by atoms with E-state index in [1.54, 1.807) is 52.0 Å². The maximum Gasteiger partial charge on any atom is 0.408 e. The van der Waals surface area contributed by atoms with Crippen LogP contribution in [-0.2, 0) is 25.6 Å². The van der Waals surface area contributed by atoms with Crippen molar-refractivity contribution in [2.75, 3.05) is 0 Å². The lowest BCUT2D eigenvalue weighted by molar-refractivity contribution is -0.154. The first-order chi connectivity index (χ1) is 16.6. The molecule has 0 aliphatic heterocycles. The van der Waals surface area contributed by atoms with E-state index in [0.29, 0.717) is 13.0 Å². The van der Waals surface area contributed by atoms with Crippen LogP contribution in [0.15, 0.2) is 48.5 Å². The van der Waals surface area contributed by atoms with Gasteiger partial charge in [0.1, 0.15) is 29.4 Å². The van der Waals surface area contributed by atoms with Crippen LogP contribution in [-0.4, -0.2) is 35.4 Å². The molecular weight excluding hydrogens is 468 g/mol. The van der Waals surface area contributed by atoms with E-state index in [1.807, 2.05) is 20.8 Å². The lowest BCUT2D eigenvalue weighted by Crippen LogP contribution is -2.43. The van der Waals surface area contributed by atoms with Crippen molar-refractivity contribution in [1.29, 1.82) is 0 Å². The Balaban J connectivity index is 0.000000681. The fraction of sp³-hybridized carbons (Fsp3) is 0.500. The molecule has 200 valence electrons. The van der Waals surface area contributed by atoms with E-state index < -0.39 is 35.4 Å². The Bertz CT molecular complexity index is 932. The van der Waals surface area contributed by atoms with Gasteiger partial charge in [0.2, 0.25) is 0 Å². The third kappa shape index (κ3) is 13.8. The fourth-order valence-electron chi connectivity index (χ4n) is 3.03. The van der Waals surface area contributed by atoms with Crippen LogP contribution in [0.1, 0.15) is 66.0 Å². The zero-order valence-corrected chi connectivity index (χ0v) is 22.5. The lowest BCUT2D eigenvalue weighted by Gasteiger charge is -2.29. The summed E-state index contributed by atoms with van der Waals surface area (Å²) in [6, 6.07) is 11.7. The number of esters is 1. The summed E-state index contributed by atoms with van der Waals surface area (Å²) >= 11 is 0. The van der Waals surface area contributed by atoms with Gasteiger partial charge < -0.3 is 19.5 Å². The van der Waals surface area contributed by atoms with Crippen LogP contribution in [0.3, 0.4) is 0 Å². The Morgan fingerprint density at radius 1 is 0.889 bits per heavy atom. The van der Waals surface area contributed by atoms with Crippen LogP contribution in [0.2, 0.25) is 0 Å². The van der Waals surface area contributed by atoms with Gasteiger partial charge in [0.15, 0.2) is 0 Å². The van der Waals surface area contributed by atoms with Crippen molar-refractivity contribution in [3.63, 3.8) is 0 Å². The third-order valence-electron chi connectivity index (χ3n) is 4.74. The summed E-state index contributed by atoms with van der Waals surface area (Å²) in [5.74, 6) is -1.01. The Labute approximate surface area is 213 Å². The molecule has 0 unspecified atom stereocenters. The maximum atomic E-state index is 13.0. The average molecular weight is 508 g/mol. The summed E-state index contributed by atoms with van der Waals surface area (Å²) in [7, 11) is 0. The zero-order chi connectivity index (χ0) is 27.5. The van der Waals surface area contributed by atoms with Crippen molar-refractivity contribution in [3.05, 3.63) is 71.3 Å². The van der Waals surface area contributed by atoms with E-state index in [2.05, 4.69) is 5.32 Å². The first-order valence-corrected chi connectivity index (χ1v) is 11.9. The van der Waals surface area contributed by atoms with Crippen molar-refractivity contribution >= 4 is 12.1 Å². The largest absolute Gasteiger partial charge is 0.461 e. The molecule has 2 rings (SSSR count). The second-order valence-electron chi connectivity index (χ2n) is 10.3. The highest BCUT2D eigenvalue weighted by molar-refractivity contribution is 5.81. The van der Waals surface area contributed by atoms with Crippen LogP contribution >= 0.6 is 0 Å². The second-order valence-corrected chi connectivity index (χ2v) is 10.3. The van der Waals surface area contributed by atoms with Gasteiger partial charge in [0.25, 0.3) is 0 Å². The summed E-state index contributed by atoms with van der Waals surface area (Å²) < 4.78 is 41.5. The van der Waals surface area contributed by atoms with Crippen LogP contribution in [0.25, 0.3) is 0 Å². The Hall–Kier alpha value is -3.00. The molecule has 0 saturated carbocycles. The van der Waals surface area contributed by atoms with Gasteiger partial charge in [0.05, 0.1) is 12.2 Å².